The highest BCUT2D eigenvalue weighted by molar-refractivity contribution is 7.12. The first kappa shape index (κ1) is 13.2. The van der Waals surface area contributed by atoms with E-state index in [1.165, 1.54) is 15.4 Å². The fraction of sp³-hybridized carbons (Fsp3) is 0.400. The maximum Gasteiger partial charge on any atom is 0.0964 e. The summed E-state index contributed by atoms with van der Waals surface area (Å²) in [5.41, 5.74) is 2.36. The van der Waals surface area contributed by atoms with Crippen molar-refractivity contribution in [2.45, 2.75) is 32.7 Å². The summed E-state index contributed by atoms with van der Waals surface area (Å²) >= 11 is 1.84. The van der Waals surface area contributed by atoms with E-state index in [4.69, 9.17) is 4.98 Å². The highest BCUT2D eigenvalue weighted by Crippen LogP contribution is 2.32. The molecule has 96 valence electrons. The molecule has 1 unspecified atom stereocenters. The third-order valence-electron chi connectivity index (χ3n) is 3.13. The molecule has 0 saturated heterocycles. The predicted molar refractivity (Wildman–Crippen MR) is 79.0 cm³/mol. The van der Waals surface area contributed by atoms with Gasteiger partial charge in [0.25, 0.3) is 0 Å². The molecule has 18 heavy (non-hydrogen) atoms. The minimum Gasteiger partial charge on any atom is -0.315 e. The largest absolute Gasteiger partial charge is 0.315 e. The fourth-order valence-corrected chi connectivity index (χ4v) is 3.09. The van der Waals surface area contributed by atoms with Crippen LogP contribution in [0.1, 0.15) is 36.1 Å². The van der Waals surface area contributed by atoms with E-state index in [0.717, 1.165) is 18.7 Å². The van der Waals surface area contributed by atoms with Crippen molar-refractivity contribution in [2.75, 3.05) is 7.05 Å². The summed E-state index contributed by atoms with van der Waals surface area (Å²) < 4.78 is 0. The van der Waals surface area contributed by atoms with Gasteiger partial charge >= 0.3 is 0 Å². The molecule has 2 rings (SSSR count). The van der Waals surface area contributed by atoms with Gasteiger partial charge in [-0.2, -0.15) is 0 Å². The second-order valence-corrected chi connectivity index (χ2v) is 5.64. The Labute approximate surface area is 113 Å². The average molecular weight is 260 g/mol. The van der Waals surface area contributed by atoms with Crippen LogP contribution in [-0.4, -0.2) is 12.0 Å². The van der Waals surface area contributed by atoms with Gasteiger partial charge in [0.05, 0.1) is 10.7 Å². The number of rotatable bonds is 5. The minimum atomic E-state index is 0.545. The topological polar surface area (TPSA) is 24.9 Å². The Morgan fingerprint density at radius 2 is 2.00 bits per heavy atom. The van der Waals surface area contributed by atoms with Gasteiger partial charge in [-0.05, 0) is 13.5 Å². The van der Waals surface area contributed by atoms with Crippen LogP contribution in [0.4, 0.5) is 0 Å². The van der Waals surface area contributed by atoms with E-state index in [1.54, 1.807) is 0 Å². The lowest BCUT2D eigenvalue weighted by Crippen LogP contribution is -2.04. The van der Waals surface area contributed by atoms with Crippen molar-refractivity contribution in [3.63, 3.8) is 0 Å². The standard InChI is InChI=1S/C15H20N2S/c1-4-11(2)15-17-14(13(18-15)10-16-3)12-8-6-5-7-9-12/h5-9,11,16H,4,10H2,1-3H3. The molecule has 1 aromatic carbocycles. The van der Waals surface area contributed by atoms with Crippen molar-refractivity contribution in [3.8, 4) is 11.3 Å². The third kappa shape index (κ3) is 2.79. The first-order valence-electron chi connectivity index (χ1n) is 6.45. The van der Waals surface area contributed by atoms with E-state index in [1.807, 2.05) is 24.5 Å². The first-order chi connectivity index (χ1) is 8.76. The summed E-state index contributed by atoms with van der Waals surface area (Å²) in [6.07, 6.45) is 1.14. The van der Waals surface area contributed by atoms with Gasteiger partial charge in [-0.1, -0.05) is 44.2 Å². The van der Waals surface area contributed by atoms with Gasteiger partial charge in [0.15, 0.2) is 0 Å². The van der Waals surface area contributed by atoms with Crippen molar-refractivity contribution < 1.29 is 0 Å². The molecule has 1 heterocycles. The Hall–Kier alpha value is -1.19. The summed E-state index contributed by atoms with van der Waals surface area (Å²) in [6.45, 7) is 5.35. The van der Waals surface area contributed by atoms with Gasteiger partial charge < -0.3 is 5.32 Å². The number of nitrogens with one attached hydrogen (secondary N) is 1. The van der Waals surface area contributed by atoms with Crippen LogP contribution in [-0.2, 0) is 6.54 Å². The second-order valence-electron chi connectivity index (χ2n) is 4.53. The molecule has 0 aliphatic carbocycles. The van der Waals surface area contributed by atoms with Crippen molar-refractivity contribution >= 4 is 11.3 Å². The molecule has 0 radical (unpaired) electrons. The molecule has 1 N–H and O–H groups in total. The summed E-state index contributed by atoms with van der Waals surface area (Å²) in [4.78, 5) is 6.18. The zero-order valence-electron chi connectivity index (χ0n) is 11.2. The van der Waals surface area contributed by atoms with Crippen LogP contribution in [0.2, 0.25) is 0 Å². The smallest absolute Gasteiger partial charge is 0.0964 e. The van der Waals surface area contributed by atoms with Crippen molar-refractivity contribution in [1.29, 1.82) is 0 Å². The maximum absolute atomic E-state index is 4.85. The number of nitrogens with zero attached hydrogens (tertiary/aromatic N) is 1. The van der Waals surface area contributed by atoms with E-state index in [9.17, 15) is 0 Å². The Bertz CT molecular complexity index is 490. The quantitative estimate of drug-likeness (QED) is 0.877. The summed E-state index contributed by atoms with van der Waals surface area (Å²) in [6, 6.07) is 10.5. The zero-order valence-corrected chi connectivity index (χ0v) is 12.1. The molecular formula is C15H20N2S. The molecule has 0 aliphatic heterocycles. The minimum absolute atomic E-state index is 0.545. The van der Waals surface area contributed by atoms with Crippen LogP contribution >= 0.6 is 11.3 Å². The Morgan fingerprint density at radius 3 is 2.61 bits per heavy atom. The number of hydrogen-bond donors (Lipinski definition) is 1. The van der Waals surface area contributed by atoms with E-state index >= 15 is 0 Å². The molecule has 0 spiro atoms. The maximum atomic E-state index is 4.85. The van der Waals surface area contributed by atoms with Gasteiger partial charge in [-0.3, -0.25) is 0 Å². The van der Waals surface area contributed by atoms with Crippen molar-refractivity contribution in [2.24, 2.45) is 0 Å². The first-order valence-corrected chi connectivity index (χ1v) is 7.27. The lowest BCUT2D eigenvalue weighted by molar-refractivity contribution is 0.727. The second kappa shape index (κ2) is 6.12. The summed E-state index contributed by atoms with van der Waals surface area (Å²) in [5, 5.41) is 4.49. The lowest BCUT2D eigenvalue weighted by atomic mass is 10.1. The highest BCUT2D eigenvalue weighted by atomic mass is 32.1. The molecule has 0 amide bonds. The van der Waals surface area contributed by atoms with Gasteiger partial charge in [0, 0.05) is 22.9 Å². The molecular weight excluding hydrogens is 240 g/mol. The van der Waals surface area contributed by atoms with Crippen LogP contribution < -0.4 is 5.32 Å². The number of hydrogen-bond acceptors (Lipinski definition) is 3. The van der Waals surface area contributed by atoms with E-state index in [0.29, 0.717) is 5.92 Å². The number of benzene rings is 1. The Morgan fingerprint density at radius 1 is 1.28 bits per heavy atom. The molecule has 1 aromatic heterocycles. The Kier molecular flexibility index (Phi) is 4.50. The van der Waals surface area contributed by atoms with Gasteiger partial charge in [0.1, 0.15) is 0 Å². The molecule has 0 saturated carbocycles. The molecule has 0 fully saturated rings. The van der Waals surface area contributed by atoms with Crippen LogP contribution in [0.25, 0.3) is 11.3 Å². The SMILES string of the molecule is CCC(C)c1nc(-c2ccccc2)c(CNC)s1. The van der Waals surface area contributed by atoms with E-state index < -0.39 is 0 Å². The molecule has 0 aliphatic rings. The van der Waals surface area contributed by atoms with Crippen molar-refractivity contribution in [1.82, 2.24) is 10.3 Å². The van der Waals surface area contributed by atoms with Gasteiger partial charge in [-0.25, -0.2) is 4.98 Å². The van der Waals surface area contributed by atoms with E-state index in [2.05, 4.69) is 43.4 Å². The van der Waals surface area contributed by atoms with Crippen LogP contribution in [0.15, 0.2) is 30.3 Å². The molecule has 1 atom stereocenters. The molecule has 2 nitrogen and oxygen atoms in total. The van der Waals surface area contributed by atoms with Gasteiger partial charge in [-0.15, -0.1) is 11.3 Å². The Balaban J connectivity index is 2.41. The van der Waals surface area contributed by atoms with Gasteiger partial charge in [0.2, 0.25) is 0 Å². The lowest BCUT2D eigenvalue weighted by Gasteiger charge is -2.02. The van der Waals surface area contributed by atoms with Crippen LogP contribution in [0.3, 0.4) is 0 Å². The summed E-state index contributed by atoms with van der Waals surface area (Å²) in [5.74, 6) is 0.545. The molecule has 2 aromatic rings. The molecule has 3 heteroatoms. The number of aromatic nitrogens is 1. The predicted octanol–water partition coefficient (Wildman–Crippen LogP) is 4.04. The summed E-state index contributed by atoms with van der Waals surface area (Å²) in [7, 11) is 1.98. The molecule has 0 bridgehead atoms. The fourth-order valence-electron chi connectivity index (χ4n) is 1.86. The van der Waals surface area contributed by atoms with Crippen LogP contribution in [0, 0.1) is 0 Å². The number of thiazole rings is 1. The average Bonchev–Trinajstić information content (AvgIpc) is 2.83. The van der Waals surface area contributed by atoms with E-state index in [-0.39, 0.29) is 0 Å². The monoisotopic (exact) mass is 260 g/mol. The normalized spacial score (nSPS) is 12.6. The zero-order chi connectivity index (χ0) is 13.0. The third-order valence-corrected chi connectivity index (χ3v) is 4.42. The van der Waals surface area contributed by atoms with Crippen molar-refractivity contribution in [3.05, 3.63) is 40.2 Å². The van der Waals surface area contributed by atoms with Crippen LogP contribution in [0.5, 0.6) is 0 Å². The highest BCUT2D eigenvalue weighted by Gasteiger charge is 2.15.